The third-order valence-corrected chi connectivity index (χ3v) is 4.55. The van der Waals surface area contributed by atoms with E-state index in [1.165, 1.54) is 16.0 Å². The third kappa shape index (κ3) is 2.06. The van der Waals surface area contributed by atoms with Crippen LogP contribution in [0.2, 0.25) is 0 Å². The molecule has 1 aromatic carbocycles. The van der Waals surface area contributed by atoms with Gasteiger partial charge in [-0.3, -0.25) is 0 Å². The molecule has 0 amide bonds. The third-order valence-electron chi connectivity index (χ3n) is 3.17. The fourth-order valence-electron chi connectivity index (χ4n) is 1.95. The van der Waals surface area contributed by atoms with Gasteiger partial charge in [-0.2, -0.15) is 0 Å². The van der Waals surface area contributed by atoms with Crippen molar-refractivity contribution in [2.45, 2.75) is 37.6 Å². The Kier molecular flexibility index (Phi) is 3.08. The molecule has 0 fully saturated rings. The first kappa shape index (κ1) is 11.0. The van der Waals surface area contributed by atoms with Crippen LogP contribution in [0.5, 0.6) is 0 Å². The topological polar surface area (TPSA) is 26.0 Å². The van der Waals surface area contributed by atoms with E-state index in [1.807, 2.05) is 11.8 Å². The Hall–Kier alpha value is -0.470. The van der Waals surface area contributed by atoms with Crippen LogP contribution in [0.15, 0.2) is 23.1 Å². The number of hydrogen-bond donors (Lipinski definition) is 1. The number of thioether (sulfide) groups is 1. The molecule has 0 aromatic heterocycles. The van der Waals surface area contributed by atoms with Crippen LogP contribution in [0.4, 0.5) is 0 Å². The van der Waals surface area contributed by atoms with Crippen LogP contribution in [0.25, 0.3) is 0 Å². The highest BCUT2D eigenvalue weighted by Crippen LogP contribution is 2.39. The van der Waals surface area contributed by atoms with Gasteiger partial charge in [0.05, 0.1) is 0 Å². The van der Waals surface area contributed by atoms with Gasteiger partial charge >= 0.3 is 0 Å². The van der Waals surface area contributed by atoms with Crippen molar-refractivity contribution in [2.75, 3.05) is 5.75 Å². The summed E-state index contributed by atoms with van der Waals surface area (Å²) >= 11 is 1.94. The lowest BCUT2D eigenvalue weighted by Crippen LogP contribution is -2.25. The zero-order valence-corrected chi connectivity index (χ0v) is 10.5. The molecule has 2 rings (SSSR count). The summed E-state index contributed by atoms with van der Waals surface area (Å²) in [4.78, 5) is 1.38. The predicted molar refractivity (Wildman–Crippen MR) is 67.3 cm³/mol. The highest BCUT2D eigenvalue weighted by atomic mass is 32.2. The van der Waals surface area contributed by atoms with E-state index in [9.17, 15) is 0 Å². The second kappa shape index (κ2) is 4.18. The summed E-state index contributed by atoms with van der Waals surface area (Å²) in [6.07, 6.45) is 0. The van der Waals surface area contributed by atoms with Crippen molar-refractivity contribution in [1.29, 1.82) is 0 Å². The first-order valence-corrected chi connectivity index (χ1v) is 6.60. The van der Waals surface area contributed by atoms with Gasteiger partial charge in [-0.1, -0.05) is 32.9 Å². The molecule has 1 aliphatic rings. The molecular weight excluding hydrogens is 202 g/mol. The van der Waals surface area contributed by atoms with E-state index in [1.54, 1.807) is 0 Å². The van der Waals surface area contributed by atoms with Gasteiger partial charge in [0.15, 0.2) is 0 Å². The fraction of sp³-hybridized carbons (Fsp3) is 0.538. The van der Waals surface area contributed by atoms with Crippen molar-refractivity contribution >= 4 is 11.8 Å². The van der Waals surface area contributed by atoms with E-state index in [0.29, 0.717) is 11.8 Å². The van der Waals surface area contributed by atoms with Crippen LogP contribution in [0.1, 0.15) is 43.9 Å². The van der Waals surface area contributed by atoms with Gasteiger partial charge in [0.25, 0.3) is 0 Å². The van der Waals surface area contributed by atoms with Gasteiger partial charge in [-0.25, -0.2) is 0 Å². The zero-order valence-electron chi connectivity index (χ0n) is 9.66. The number of hydrogen-bond acceptors (Lipinski definition) is 2. The second-order valence-corrected chi connectivity index (χ2v) is 5.83. The molecule has 82 valence electrons. The molecule has 0 radical (unpaired) electrons. The molecule has 0 saturated heterocycles. The normalized spacial score (nSPS) is 25.4. The lowest BCUT2D eigenvalue weighted by atomic mass is 9.92. The Labute approximate surface area is 96.4 Å². The maximum Gasteiger partial charge on any atom is 0.0340 e. The van der Waals surface area contributed by atoms with Crippen LogP contribution in [0, 0.1) is 5.92 Å². The molecular formula is C13H19NS. The first-order valence-electron chi connectivity index (χ1n) is 5.62. The van der Waals surface area contributed by atoms with Gasteiger partial charge < -0.3 is 5.73 Å². The fourth-order valence-corrected chi connectivity index (χ4v) is 3.13. The van der Waals surface area contributed by atoms with E-state index >= 15 is 0 Å². The lowest BCUT2D eigenvalue weighted by Gasteiger charge is -2.28. The smallest absolute Gasteiger partial charge is 0.0340 e. The molecule has 2 atom stereocenters. The van der Waals surface area contributed by atoms with E-state index in [2.05, 4.69) is 39.0 Å². The number of nitrogens with two attached hydrogens (primary N) is 1. The minimum absolute atomic E-state index is 0.222. The van der Waals surface area contributed by atoms with Crippen LogP contribution in [0.3, 0.4) is 0 Å². The quantitative estimate of drug-likeness (QED) is 0.785. The number of rotatable bonds is 1. The summed E-state index contributed by atoms with van der Waals surface area (Å²) in [5, 5.41) is 0. The second-order valence-electron chi connectivity index (χ2n) is 4.77. The molecule has 2 unspecified atom stereocenters. The molecule has 0 spiro atoms. The number of fused-ring (bicyclic) bond motifs is 1. The van der Waals surface area contributed by atoms with E-state index in [-0.39, 0.29) is 6.04 Å². The van der Waals surface area contributed by atoms with Crippen molar-refractivity contribution in [1.82, 2.24) is 0 Å². The molecule has 2 heteroatoms. The van der Waals surface area contributed by atoms with Crippen molar-refractivity contribution in [3.63, 3.8) is 0 Å². The number of benzene rings is 1. The summed E-state index contributed by atoms with van der Waals surface area (Å²) < 4.78 is 0. The predicted octanol–water partition coefficient (Wildman–Crippen LogP) is 3.55. The highest BCUT2D eigenvalue weighted by molar-refractivity contribution is 7.99. The maximum atomic E-state index is 6.25. The SMILES string of the molecule is CC(C)c1ccc2c(c1)C(N)C(C)CS2. The largest absolute Gasteiger partial charge is 0.324 e. The Balaban J connectivity index is 2.41. The van der Waals surface area contributed by atoms with Crippen molar-refractivity contribution in [3.8, 4) is 0 Å². The summed E-state index contributed by atoms with van der Waals surface area (Å²) in [6, 6.07) is 6.99. The summed E-state index contributed by atoms with van der Waals surface area (Å²) in [6.45, 7) is 6.70. The molecule has 1 aromatic rings. The minimum atomic E-state index is 0.222. The molecule has 0 aliphatic carbocycles. The molecule has 1 heterocycles. The lowest BCUT2D eigenvalue weighted by molar-refractivity contribution is 0.506. The molecule has 0 saturated carbocycles. The van der Waals surface area contributed by atoms with Gasteiger partial charge in [0, 0.05) is 16.7 Å². The van der Waals surface area contributed by atoms with E-state index in [4.69, 9.17) is 5.73 Å². The van der Waals surface area contributed by atoms with Crippen molar-refractivity contribution in [3.05, 3.63) is 29.3 Å². The molecule has 0 bridgehead atoms. The van der Waals surface area contributed by atoms with E-state index in [0.717, 1.165) is 5.75 Å². The van der Waals surface area contributed by atoms with Crippen LogP contribution in [-0.2, 0) is 0 Å². The zero-order chi connectivity index (χ0) is 11.0. The average molecular weight is 221 g/mol. The van der Waals surface area contributed by atoms with Crippen LogP contribution < -0.4 is 5.73 Å². The Morgan fingerprint density at radius 3 is 2.80 bits per heavy atom. The average Bonchev–Trinajstić information content (AvgIpc) is 2.23. The monoisotopic (exact) mass is 221 g/mol. The summed E-state index contributed by atoms with van der Waals surface area (Å²) in [7, 11) is 0. The Bertz CT molecular complexity index is 360. The molecule has 15 heavy (non-hydrogen) atoms. The van der Waals surface area contributed by atoms with Crippen LogP contribution in [-0.4, -0.2) is 5.75 Å². The minimum Gasteiger partial charge on any atom is -0.324 e. The van der Waals surface area contributed by atoms with Gasteiger partial charge in [0.1, 0.15) is 0 Å². The Morgan fingerprint density at radius 2 is 2.13 bits per heavy atom. The van der Waals surface area contributed by atoms with Gasteiger partial charge in [0.2, 0.25) is 0 Å². The molecule has 1 aliphatic heterocycles. The maximum absolute atomic E-state index is 6.25. The Morgan fingerprint density at radius 1 is 1.40 bits per heavy atom. The summed E-state index contributed by atoms with van der Waals surface area (Å²) in [5.41, 5.74) is 9.00. The van der Waals surface area contributed by atoms with E-state index < -0.39 is 0 Å². The van der Waals surface area contributed by atoms with Gasteiger partial charge in [-0.15, -0.1) is 11.8 Å². The highest BCUT2D eigenvalue weighted by Gasteiger charge is 2.24. The standard InChI is InChI=1S/C13H19NS/c1-8(2)10-4-5-12-11(6-10)13(14)9(3)7-15-12/h4-6,8-9,13H,7,14H2,1-3H3. The van der Waals surface area contributed by atoms with Crippen LogP contribution >= 0.6 is 11.8 Å². The first-order chi connectivity index (χ1) is 7.09. The molecule has 1 nitrogen and oxygen atoms in total. The van der Waals surface area contributed by atoms with Gasteiger partial charge in [-0.05, 0) is 29.0 Å². The van der Waals surface area contributed by atoms with Crippen molar-refractivity contribution < 1.29 is 0 Å². The summed E-state index contributed by atoms with van der Waals surface area (Å²) in [5.74, 6) is 2.32. The molecule has 2 N–H and O–H groups in total. The van der Waals surface area contributed by atoms with Crippen molar-refractivity contribution in [2.24, 2.45) is 11.7 Å².